The molecule has 4 rings (SSSR count). The van der Waals surface area contributed by atoms with Crippen molar-refractivity contribution in [3.05, 3.63) is 36.2 Å². The van der Waals surface area contributed by atoms with Gasteiger partial charge in [-0.1, -0.05) is 6.07 Å². The Bertz CT molecular complexity index is 692. The Morgan fingerprint density at radius 1 is 1.41 bits per heavy atom. The quantitative estimate of drug-likeness (QED) is 0.917. The summed E-state index contributed by atoms with van der Waals surface area (Å²) in [5.41, 5.74) is 2.29. The molecule has 1 aliphatic carbocycles. The number of urea groups is 1. The van der Waals surface area contributed by atoms with Gasteiger partial charge in [0.2, 0.25) is 0 Å². The molecule has 0 aromatic carbocycles. The zero-order chi connectivity index (χ0) is 15.0. The summed E-state index contributed by atoms with van der Waals surface area (Å²) in [5, 5.41) is 7.31. The number of hydrogen-bond donors (Lipinski definition) is 1. The Kier molecular flexibility index (Phi) is 3.26. The van der Waals surface area contributed by atoms with E-state index in [4.69, 9.17) is 4.74 Å². The zero-order valence-electron chi connectivity index (χ0n) is 12.5. The summed E-state index contributed by atoms with van der Waals surface area (Å²) in [5.74, 6) is 0. The lowest BCUT2D eigenvalue weighted by molar-refractivity contribution is 0.115. The van der Waals surface area contributed by atoms with Gasteiger partial charge in [0, 0.05) is 36.8 Å². The Balaban J connectivity index is 1.41. The van der Waals surface area contributed by atoms with Crippen LogP contribution in [0.3, 0.4) is 0 Å². The highest BCUT2D eigenvalue weighted by atomic mass is 16.5. The predicted molar refractivity (Wildman–Crippen MR) is 81.5 cm³/mol. The Labute approximate surface area is 129 Å². The third-order valence-corrected chi connectivity index (χ3v) is 4.62. The van der Waals surface area contributed by atoms with E-state index in [1.807, 2.05) is 40.0 Å². The molecule has 2 aromatic heterocycles. The van der Waals surface area contributed by atoms with E-state index in [1.54, 1.807) is 0 Å². The van der Waals surface area contributed by atoms with Gasteiger partial charge in [-0.25, -0.2) is 9.31 Å². The first-order valence-corrected chi connectivity index (χ1v) is 7.78. The number of fused-ring (bicyclic) bond motifs is 1. The number of nitrogens with one attached hydrogen (secondary N) is 1. The Morgan fingerprint density at radius 3 is 3.18 bits per heavy atom. The minimum atomic E-state index is -0.00736. The first-order valence-electron chi connectivity index (χ1n) is 7.78. The van der Waals surface area contributed by atoms with E-state index in [9.17, 15) is 4.79 Å². The second-order valence-electron chi connectivity index (χ2n) is 6.33. The van der Waals surface area contributed by atoms with Crippen LogP contribution in [0, 0.1) is 5.41 Å². The standard InChI is InChI=1S/C16H20N4O2/c21-15(19-7-8-22-12-16(11-19)4-5-16)17-9-13-10-18-20-6-2-1-3-14(13)20/h1-3,6,10H,4-5,7-9,11-12H2,(H,17,21). The van der Waals surface area contributed by atoms with Gasteiger partial charge in [-0.05, 0) is 25.0 Å². The number of carbonyl (C=O) groups excluding carboxylic acids is 1. The first kappa shape index (κ1) is 13.6. The van der Waals surface area contributed by atoms with Crippen LogP contribution in [0.5, 0.6) is 0 Å². The summed E-state index contributed by atoms with van der Waals surface area (Å²) in [4.78, 5) is 14.3. The predicted octanol–water partition coefficient (Wildman–Crippen LogP) is 1.66. The third-order valence-electron chi connectivity index (χ3n) is 4.62. The van der Waals surface area contributed by atoms with Crippen molar-refractivity contribution < 1.29 is 9.53 Å². The molecule has 3 heterocycles. The van der Waals surface area contributed by atoms with Crippen LogP contribution >= 0.6 is 0 Å². The van der Waals surface area contributed by atoms with Gasteiger partial charge in [0.05, 0.1) is 24.9 Å². The van der Waals surface area contributed by atoms with Gasteiger partial charge in [0.1, 0.15) is 0 Å². The Hall–Kier alpha value is -2.08. The smallest absolute Gasteiger partial charge is 0.317 e. The molecule has 6 heteroatoms. The molecule has 2 fully saturated rings. The molecule has 2 aliphatic rings. The fourth-order valence-electron chi connectivity index (χ4n) is 3.05. The number of hydrogen-bond acceptors (Lipinski definition) is 3. The molecular formula is C16H20N4O2. The summed E-state index contributed by atoms with van der Waals surface area (Å²) in [7, 11) is 0. The van der Waals surface area contributed by atoms with Gasteiger partial charge in [0.15, 0.2) is 0 Å². The first-order chi connectivity index (χ1) is 10.8. The van der Waals surface area contributed by atoms with E-state index >= 15 is 0 Å². The number of nitrogens with zero attached hydrogens (tertiary/aromatic N) is 3. The fourth-order valence-corrected chi connectivity index (χ4v) is 3.05. The van der Waals surface area contributed by atoms with E-state index in [2.05, 4.69) is 10.4 Å². The summed E-state index contributed by atoms with van der Waals surface area (Å²) in [6, 6.07) is 5.92. The molecular weight excluding hydrogens is 280 g/mol. The topological polar surface area (TPSA) is 58.9 Å². The summed E-state index contributed by atoms with van der Waals surface area (Å²) in [6.45, 7) is 3.41. The molecule has 0 unspecified atom stereocenters. The van der Waals surface area contributed by atoms with Gasteiger partial charge in [0.25, 0.3) is 0 Å². The maximum Gasteiger partial charge on any atom is 0.317 e. The van der Waals surface area contributed by atoms with Gasteiger partial charge in [-0.2, -0.15) is 5.10 Å². The number of carbonyl (C=O) groups is 1. The van der Waals surface area contributed by atoms with Crippen molar-refractivity contribution in [2.75, 3.05) is 26.3 Å². The normalized spacial score (nSPS) is 20.1. The van der Waals surface area contributed by atoms with E-state index < -0.39 is 0 Å². The van der Waals surface area contributed by atoms with Crippen molar-refractivity contribution in [2.24, 2.45) is 5.41 Å². The molecule has 1 aliphatic heterocycles. The lowest BCUT2D eigenvalue weighted by atomic mass is 10.1. The second-order valence-corrected chi connectivity index (χ2v) is 6.33. The lowest BCUT2D eigenvalue weighted by Crippen LogP contribution is -2.43. The summed E-state index contributed by atoms with van der Waals surface area (Å²) in [6.07, 6.45) is 6.06. The van der Waals surface area contributed by atoms with E-state index in [0.717, 1.165) is 24.2 Å². The van der Waals surface area contributed by atoms with Crippen LogP contribution < -0.4 is 5.32 Å². The van der Waals surface area contributed by atoms with Crippen molar-refractivity contribution in [1.29, 1.82) is 0 Å². The fraction of sp³-hybridized carbons (Fsp3) is 0.500. The summed E-state index contributed by atoms with van der Waals surface area (Å²) >= 11 is 0. The third kappa shape index (κ3) is 2.54. The van der Waals surface area contributed by atoms with E-state index in [-0.39, 0.29) is 11.4 Å². The molecule has 0 atom stereocenters. The van der Waals surface area contributed by atoms with Crippen LogP contribution in [-0.4, -0.2) is 46.8 Å². The highest BCUT2D eigenvalue weighted by molar-refractivity contribution is 5.74. The van der Waals surface area contributed by atoms with Crippen molar-refractivity contribution in [3.63, 3.8) is 0 Å². The molecule has 22 heavy (non-hydrogen) atoms. The van der Waals surface area contributed by atoms with Gasteiger partial charge < -0.3 is 15.0 Å². The maximum atomic E-state index is 12.4. The largest absolute Gasteiger partial charge is 0.379 e. The molecule has 0 radical (unpaired) electrons. The van der Waals surface area contributed by atoms with Crippen LogP contribution in [0.2, 0.25) is 0 Å². The highest BCUT2D eigenvalue weighted by Gasteiger charge is 2.46. The Morgan fingerprint density at radius 2 is 2.32 bits per heavy atom. The molecule has 116 valence electrons. The van der Waals surface area contributed by atoms with Crippen molar-refractivity contribution in [2.45, 2.75) is 19.4 Å². The second kappa shape index (κ2) is 5.28. The maximum absolute atomic E-state index is 12.4. The number of ether oxygens (including phenoxy) is 1. The van der Waals surface area contributed by atoms with Crippen LogP contribution in [0.4, 0.5) is 4.79 Å². The molecule has 2 aromatic rings. The molecule has 6 nitrogen and oxygen atoms in total. The number of pyridine rings is 1. The molecule has 1 saturated carbocycles. The number of aromatic nitrogens is 2. The minimum absolute atomic E-state index is 0.00736. The van der Waals surface area contributed by atoms with Crippen LogP contribution in [0.1, 0.15) is 18.4 Å². The van der Waals surface area contributed by atoms with Crippen molar-refractivity contribution >= 4 is 11.5 Å². The number of rotatable bonds is 2. The average molecular weight is 300 g/mol. The van der Waals surface area contributed by atoms with Crippen molar-refractivity contribution in [1.82, 2.24) is 19.8 Å². The SMILES string of the molecule is O=C(NCc1cnn2ccccc12)N1CCOCC2(CC2)C1. The molecule has 1 saturated heterocycles. The summed E-state index contributed by atoms with van der Waals surface area (Å²) < 4.78 is 7.45. The van der Waals surface area contributed by atoms with Crippen LogP contribution in [0.15, 0.2) is 30.6 Å². The van der Waals surface area contributed by atoms with Crippen LogP contribution in [0.25, 0.3) is 5.52 Å². The van der Waals surface area contributed by atoms with Gasteiger partial charge in [-0.3, -0.25) is 0 Å². The zero-order valence-corrected chi connectivity index (χ0v) is 12.5. The van der Waals surface area contributed by atoms with E-state index in [0.29, 0.717) is 19.7 Å². The number of amides is 2. The lowest BCUT2D eigenvalue weighted by Gasteiger charge is -2.23. The van der Waals surface area contributed by atoms with Crippen LogP contribution in [-0.2, 0) is 11.3 Å². The minimum Gasteiger partial charge on any atom is -0.379 e. The monoisotopic (exact) mass is 300 g/mol. The molecule has 1 N–H and O–H groups in total. The molecule has 1 spiro atoms. The van der Waals surface area contributed by atoms with Gasteiger partial charge >= 0.3 is 6.03 Å². The van der Waals surface area contributed by atoms with Crippen molar-refractivity contribution in [3.8, 4) is 0 Å². The molecule has 0 bridgehead atoms. The average Bonchev–Trinajstić information content (AvgIpc) is 3.25. The van der Waals surface area contributed by atoms with E-state index in [1.165, 1.54) is 12.8 Å². The van der Waals surface area contributed by atoms with Gasteiger partial charge in [-0.15, -0.1) is 0 Å². The highest BCUT2D eigenvalue weighted by Crippen LogP contribution is 2.47. The molecule has 2 amide bonds.